The summed E-state index contributed by atoms with van der Waals surface area (Å²) < 4.78 is 5.04. The maximum absolute atomic E-state index is 12.0. The van der Waals surface area contributed by atoms with Gasteiger partial charge >= 0.3 is 0 Å². The Labute approximate surface area is 142 Å². The van der Waals surface area contributed by atoms with Crippen molar-refractivity contribution in [3.05, 3.63) is 29.8 Å². The molecule has 1 atom stereocenters. The van der Waals surface area contributed by atoms with E-state index in [1.807, 2.05) is 13.8 Å². The molecule has 1 rings (SSSR count). The smallest absolute Gasteiger partial charge is 0.257 e. The van der Waals surface area contributed by atoms with E-state index in [0.717, 1.165) is 13.1 Å². The number of methoxy groups -OCH3 is 1. The topological polar surface area (TPSA) is 73.8 Å². The number of nitrogens with zero attached hydrogens (tertiary/aromatic N) is 1. The molecule has 7 heteroatoms. The molecular weight excluding hydrogens is 314 g/mol. The van der Waals surface area contributed by atoms with Gasteiger partial charge in [-0.2, -0.15) is 0 Å². The van der Waals surface area contributed by atoms with Gasteiger partial charge in [0.1, 0.15) is 5.75 Å². The zero-order valence-electron chi connectivity index (χ0n) is 13.8. The van der Waals surface area contributed by atoms with Crippen LogP contribution in [0.1, 0.15) is 24.2 Å². The summed E-state index contributed by atoms with van der Waals surface area (Å²) in [6.07, 6.45) is -0.550. The summed E-state index contributed by atoms with van der Waals surface area (Å²) >= 11 is 5.08. The van der Waals surface area contributed by atoms with Crippen LogP contribution >= 0.6 is 12.2 Å². The van der Waals surface area contributed by atoms with E-state index in [0.29, 0.717) is 17.9 Å². The van der Waals surface area contributed by atoms with Gasteiger partial charge in [0.25, 0.3) is 5.91 Å². The van der Waals surface area contributed by atoms with Crippen LogP contribution in [0.15, 0.2) is 24.3 Å². The van der Waals surface area contributed by atoms with Crippen LogP contribution in [0.4, 0.5) is 0 Å². The van der Waals surface area contributed by atoms with Crippen LogP contribution in [0.3, 0.4) is 0 Å². The highest BCUT2D eigenvalue weighted by molar-refractivity contribution is 7.80. The number of carbonyl (C=O) groups excluding carboxylic acids is 1. The second-order valence-electron chi connectivity index (χ2n) is 5.03. The molecule has 0 aromatic heterocycles. The molecule has 0 fully saturated rings. The number of amides is 1. The van der Waals surface area contributed by atoms with Crippen molar-refractivity contribution in [2.45, 2.75) is 20.0 Å². The van der Waals surface area contributed by atoms with E-state index < -0.39 is 6.10 Å². The van der Waals surface area contributed by atoms with Crippen LogP contribution in [0.25, 0.3) is 0 Å². The van der Waals surface area contributed by atoms with Crippen LogP contribution in [0, 0.1) is 0 Å². The van der Waals surface area contributed by atoms with Crippen molar-refractivity contribution in [1.82, 2.24) is 15.5 Å². The van der Waals surface area contributed by atoms with Crippen molar-refractivity contribution >= 4 is 23.2 Å². The first kappa shape index (κ1) is 19.3. The lowest BCUT2D eigenvalue weighted by Crippen LogP contribution is -2.45. The molecule has 128 valence electrons. The number of hydrogen-bond donors (Lipinski definition) is 3. The number of thiocarbonyl (C=S) groups is 1. The molecule has 23 heavy (non-hydrogen) atoms. The molecular formula is C16H25N3O3S. The minimum atomic E-state index is -0.550. The van der Waals surface area contributed by atoms with Crippen molar-refractivity contribution in [2.24, 2.45) is 0 Å². The lowest BCUT2D eigenvalue weighted by molar-refractivity contribution is 0.0974. The third-order valence-electron chi connectivity index (χ3n) is 3.44. The average Bonchev–Trinajstić information content (AvgIpc) is 2.57. The fraction of sp³-hybridized carbons (Fsp3) is 0.500. The molecule has 1 aromatic rings. The minimum Gasteiger partial charge on any atom is -0.497 e. The summed E-state index contributed by atoms with van der Waals surface area (Å²) in [4.78, 5) is 14.1. The van der Waals surface area contributed by atoms with Crippen molar-refractivity contribution < 1.29 is 14.6 Å². The first-order valence-electron chi connectivity index (χ1n) is 7.63. The molecule has 0 aliphatic carbocycles. The van der Waals surface area contributed by atoms with Crippen LogP contribution in [-0.4, -0.2) is 60.4 Å². The quantitative estimate of drug-likeness (QED) is 0.614. The van der Waals surface area contributed by atoms with E-state index in [-0.39, 0.29) is 17.6 Å². The van der Waals surface area contributed by atoms with Crippen molar-refractivity contribution in [3.8, 4) is 5.75 Å². The number of rotatable bonds is 8. The van der Waals surface area contributed by atoms with Crippen molar-refractivity contribution in [2.75, 3.05) is 33.3 Å². The number of aliphatic hydroxyl groups is 1. The monoisotopic (exact) mass is 339 g/mol. The summed E-state index contributed by atoms with van der Waals surface area (Å²) in [5.74, 6) is 0.380. The van der Waals surface area contributed by atoms with E-state index in [9.17, 15) is 9.90 Å². The summed E-state index contributed by atoms with van der Waals surface area (Å²) in [5.41, 5.74) is 0.485. The summed E-state index contributed by atoms with van der Waals surface area (Å²) in [7, 11) is 1.57. The second-order valence-corrected chi connectivity index (χ2v) is 5.44. The molecule has 1 amide bonds. The number of ether oxygens (including phenoxy) is 1. The van der Waals surface area contributed by atoms with E-state index >= 15 is 0 Å². The predicted octanol–water partition coefficient (Wildman–Crippen LogP) is 1.00. The lowest BCUT2D eigenvalue weighted by Gasteiger charge is -2.22. The van der Waals surface area contributed by atoms with E-state index in [1.165, 1.54) is 0 Å². The van der Waals surface area contributed by atoms with Crippen LogP contribution in [0.5, 0.6) is 5.75 Å². The maximum atomic E-state index is 12.0. The molecule has 3 N–H and O–H groups in total. The Morgan fingerprint density at radius 1 is 1.30 bits per heavy atom. The number of hydrogen-bond acceptors (Lipinski definition) is 5. The van der Waals surface area contributed by atoms with Gasteiger partial charge in [-0.05, 0) is 49.6 Å². The molecule has 0 spiro atoms. The van der Waals surface area contributed by atoms with Crippen LogP contribution in [0.2, 0.25) is 0 Å². The predicted molar refractivity (Wildman–Crippen MR) is 94.9 cm³/mol. The summed E-state index contributed by atoms with van der Waals surface area (Å²) in [5, 5.41) is 15.6. The van der Waals surface area contributed by atoms with Gasteiger partial charge in [0, 0.05) is 18.7 Å². The summed E-state index contributed by atoms with van der Waals surface area (Å²) in [6, 6.07) is 6.73. The molecule has 1 aromatic carbocycles. The van der Waals surface area contributed by atoms with Gasteiger partial charge in [0.15, 0.2) is 5.11 Å². The second kappa shape index (κ2) is 10.1. The minimum absolute atomic E-state index is 0.199. The molecule has 0 aliphatic rings. The molecule has 0 saturated heterocycles. The third kappa shape index (κ3) is 6.94. The van der Waals surface area contributed by atoms with Gasteiger partial charge < -0.3 is 20.1 Å². The third-order valence-corrected chi connectivity index (χ3v) is 3.69. The fourth-order valence-electron chi connectivity index (χ4n) is 2.02. The lowest BCUT2D eigenvalue weighted by atomic mass is 10.2. The highest BCUT2D eigenvalue weighted by Crippen LogP contribution is 2.10. The van der Waals surface area contributed by atoms with Gasteiger partial charge in [-0.25, -0.2) is 0 Å². The Kier molecular flexibility index (Phi) is 8.53. The zero-order valence-corrected chi connectivity index (χ0v) is 14.7. The Morgan fingerprint density at radius 2 is 1.91 bits per heavy atom. The normalized spacial score (nSPS) is 11.9. The highest BCUT2D eigenvalue weighted by Gasteiger charge is 2.11. The maximum Gasteiger partial charge on any atom is 0.257 e. The Hall–Kier alpha value is -1.70. The molecule has 0 saturated carbocycles. The molecule has 6 nitrogen and oxygen atoms in total. The van der Waals surface area contributed by atoms with E-state index in [1.54, 1.807) is 31.4 Å². The molecule has 0 radical (unpaired) electrons. The largest absolute Gasteiger partial charge is 0.497 e. The molecule has 0 unspecified atom stereocenters. The van der Waals surface area contributed by atoms with E-state index in [2.05, 4.69) is 15.5 Å². The molecule has 0 bridgehead atoms. The Balaban J connectivity index is 2.39. The standard InChI is InChI=1S/C16H25N3O3S/c1-4-19(5-2)11-13(20)10-17-16(23)18-15(21)12-6-8-14(22-3)9-7-12/h6-9,13,20H,4-5,10-11H2,1-3H3,(H2,17,18,21,23)/t13-/m1/s1. The Morgan fingerprint density at radius 3 is 2.43 bits per heavy atom. The number of carbonyl (C=O) groups is 1. The van der Waals surface area contributed by atoms with E-state index in [4.69, 9.17) is 17.0 Å². The number of benzene rings is 1. The average molecular weight is 339 g/mol. The van der Waals surface area contributed by atoms with Crippen molar-refractivity contribution in [1.29, 1.82) is 0 Å². The van der Waals surface area contributed by atoms with Gasteiger partial charge in [-0.1, -0.05) is 13.8 Å². The zero-order chi connectivity index (χ0) is 17.2. The molecule has 0 aliphatic heterocycles. The van der Waals surface area contributed by atoms with Crippen LogP contribution in [-0.2, 0) is 0 Å². The Bertz CT molecular complexity index is 504. The fourth-order valence-corrected chi connectivity index (χ4v) is 2.19. The van der Waals surface area contributed by atoms with Gasteiger partial charge in [0.05, 0.1) is 13.2 Å². The number of nitrogens with one attached hydrogen (secondary N) is 2. The number of aliphatic hydroxyl groups excluding tert-OH is 1. The van der Waals surface area contributed by atoms with Gasteiger partial charge in [-0.3, -0.25) is 10.1 Å². The van der Waals surface area contributed by atoms with Crippen LogP contribution < -0.4 is 15.4 Å². The van der Waals surface area contributed by atoms with Gasteiger partial charge in [-0.15, -0.1) is 0 Å². The van der Waals surface area contributed by atoms with Gasteiger partial charge in [0.2, 0.25) is 0 Å². The molecule has 0 heterocycles. The number of likely N-dealkylation sites (N-methyl/N-ethyl adjacent to an activating group) is 1. The first-order chi connectivity index (χ1) is 11.0. The highest BCUT2D eigenvalue weighted by atomic mass is 32.1. The SMILES string of the molecule is CCN(CC)C[C@H](O)CNC(=S)NC(=O)c1ccc(OC)cc1. The summed E-state index contributed by atoms with van der Waals surface area (Å²) in [6.45, 7) is 6.71. The first-order valence-corrected chi connectivity index (χ1v) is 8.04. The van der Waals surface area contributed by atoms with Crippen molar-refractivity contribution in [3.63, 3.8) is 0 Å².